The number of rotatable bonds is 3. The highest BCUT2D eigenvalue weighted by molar-refractivity contribution is 6.12. The molecular weight excluding hydrogens is 338 g/mol. The molecule has 1 unspecified atom stereocenters. The number of aromatic nitrogens is 1. The van der Waals surface area contributed by atoms with Crippen molar-refractivity contribution in [3.05, 3.63) is 24.1 Å². The van der Waals surface area contributed by atoms with Crippen LogP contribution in [-0.2, 0) is 9.59 Å². The third-order valence-electron chi connectivity index (χ3n) is 5.31. The molecule has 0 bridgehead atoms. The largest absolute Gasteiger partial charge is 0.463 e. The number of nitrogens with one attached hydrogen (secondary N) is 1. The van der Waals surface area contributed by atoms with Gasteiger partial charge in [-0.05, 0) is 12.5 Å². The van der Waals surface area contributed by atoms with Crippen LogP contribution in [0.1, 0.15) is 24.5 Å². The summed E-state index contributed by atoms with van der Waals surface area (Å²) in [5, 5.41) is 17.4. The van der Waals surface area contributed by atoms with Crippen LogP contribution in [0.25, 0.3) is 21.9 Å². The molecule has 26 heavy (non-hydrogen) atoms. The van der Waals surface area contributed by atoms with E-state index in [-0.39, 0.29) is 30.8 Å². The van der Waals surface area contributed by atoms with Crippen LogP contribution in [0.4, 0.5) is 5.69 Å². The fraction of sp³-hybridized carbons (Fsp3) is 0.389. The molecule has 4 heterocycles. The molecule has 2 fully saturated rings. The second-order valence-corrected chi connectivity index (χ2v) is 6.96. The van der Waals surface area contributed by atoms with Crippen molar-refractivity contribution < 1.29 is 23.6 Å². The molecule has 3 aromatic rings. The lowest BCUT2D eigenvalue weighted by molar-refractivity contribution is -0.134. The Bertz CT molecular complexity index is 1030. The van der Waals surface area contributed by atoms with Gasteiger partial charge in [-0.1, -0.05) is 5.16 Å². The van der Waals surface area contributed by atoms with E-state index in [0.717, 1.165) is 24.2 Å². The van der Waals surface area contributed by atoms with E-state index in [1.54, 1.807) is 6.26 Å². The highest BCUT2D eigenvalue weighted by atomic mass is 16.5. The normalized spacial score (nSPS) is 21.4. The first-order valence-corrected chi connectivity index (χ1v) is 8.64. The molecule has 2 amide bonds. The lowest BCUT2D eigenvalue weighted by Gasteiger charge is -2.40. The van der Waals surface area contributed by atoms with Gasteiger partial charge in [-0.15, -0.1) is 0 Å². The smallest absolute Gasteiger partial charge is 0.235 e. The summed E-state index contributed by atoms with van der Waals surface area (Å²) in [5.74, 6) is -0.869. The second-order valence-electron chi connectivity index (χ2n) is 6.96. The van der Waals surface area contributed by atoms with Gasteiger partial charge in [0.05, 0.1) is 23.3 Å². The molecule has 0 radical (unpaired) electrons. The summed E-state index contributed by atoms with van der Waals surface area (Å²) < 4.78 is 11.2. The number of amides is 2. The van der Waals surface area contributed by atoms with Gasteiger partial charge >= 0.3 is 0 Å². The van der Waals surface area contributed by atoms with Crippen LogP contribution in [0.3, 0.4) is 0 Å². The van der Waals surface area contributed by atoms with Gasteiger partial charge in [0.15, 0.2) is 5.58 Å². The zero-order valence-electron chi connectivity index (χ0n) is 13.9. The van der Waals surface area contributed by atoms with Gasteiger partial charge in [-0.3, -0.25) is 14.9 Å². The highest BCUT2D eigenvalue weighted by Gasteiger charge is 2.34. The SMILES string of the molecule is O=C1CCC(c2noc3cc(N4CC(CO)C4)c4ccoc4c23)C(=O)N1. The van der Waals surface area contributed by atoms with E-state index in [1.807, 2.05) is 12.1 Å². The van der Waals surface area contributed by atoms with E-state index in [0.29, 0.717) is 28.7 Å². The van der Waals surface area contributed by atoms with Gasteiger partial charge in [0.1, 0.15) is 11.3 Å². The van der Waals surface area contributed by atoms with Crippen molar-refractivity contribution >= 4 is 39.4 Å². The number of carbonyl (C=O) groups excluding carboxylic acids is 2. The van der Waals surface area contributed by atoms with Gasteiger partial charge in [-0.25, -0.2) is 0 Å². The summed E-state index contributed by atoms with van der Waals surface area (Å²) in [6.07, 6.45) is 2.29. The average Bonchev–Trinajstić information content (AvgIpc) is 3.20. The van der Waals surface area contributed by atoms with Crippen molar-refractivity contribution in [1.82, 2.24) is 10.5 Å². The highest BCUT2D eigenvalue weighted by Crippen LogP contribution is 2.41. The summed E-state index contributed by atoms with van der Waals surface area (Å²) in [7, 11) is 0. The Morgan fingerprint density at radius 1 is 1.35 bits per heavy atom. The molecule has 0 spiro atoms. The topological polar surface area (TPSA) is 109 Å². The van der Waals surface area contributed by atoms with Gasteiger partial charge in [-0.2, -0.15) is 0 Å². The maximum atomic E-state index is 12.2. The molecule has 8 nitrogen and oxygen atoms in total. The monoisotopic (exact) mass is 355 g/mol. The van der Waals surface area contributed by atoms with Crippen molar-refractivity contribution in [2.75, 3.05) is 24.6 Å². The Morgan fingerprint density at radius 2 is 2.19 bits per heavy atom. The van der Waals surface area contributed by atoms with Gasteiger partial charge in [0, 0.05) is 43.5 Å². The van der Waals surface area contributed by atoms with Crippen LogP contribution >= 0.6 is 0 Å². The zero-order chi connectivity index (χ0) is 17.8. The van der Waals surface area contributed by atoms with Crippen molar-refractivity contribution in [1.29, 1.82) is 0 Å². The molecule has 0 aliphatic carbocycles. The Kier molecular flexibility index (Phi) is 3.30. The molecule has 2 aromatic heterocycles. The van der Waals surface area contributed by atoms with Gasteiger partial charge in [0.2, 0.25) is 11.8 Å². The standard InChI is InChI=1S/C18H17N3O5/c22-8-9-6-21(7-9)12-5-13-15(17-10(12)3-4-25-17)16(20-26-13)11-1-2-14(23)19-18(11)24/h3-5,9,11,22H,1-2,6-8H2,(H,19,23,24). The number of imide groups is 1. The molecule has 8 heteroatoms. The maximum Gasteiger partial charge on any atom is 0.235 e. The molecule has 134 valence electrons. The van der Waals surface area contributed by atoms with Crippen molar-refractivity contribution in [2.24, 2.45) is 5.92 Å². The van der Waals surface area contributed by atoms with Gasteiger partial charge < -0.3 is 18.9 Å². The van der Waals surface area contributed by atoms with Crippen LogP contribution in [0.5, 0.6) is 0 Å². The third kappa shape index (κ3) is 2.15. The third-order valence-corrected chi connectivity index (χ3v) is 5.31. The number of carbonyl (C=O) groups is 2. The predicted molar refractivity (Wildman–Crippen MR) is 91.7 cm³/mol. The number of aliphatic hydroxyl groups excluding tert-OH is 1. The quantitative estimate of drug-likeness (QED) is 0.686. The average molecular weight is 355 g/mol. The number of hydrogen-bond donors (Lipinski definition) is 2. The van der Waals surface area contributed by atoms with E-state index in [1.165, 1.54) is 0 Å². The van der Waals surface area contributed by atoms with E-state index in [4.69, 9.17) is 8.94 Å². The van der Waals surface area contributed by atoms with Crippen LogP contribution < -0.4 is 10.2 Å². The number of anilines is 1. The Balaban J connectivity index is 1.62. The maximum absolute atomic E-state index is 12.2. The van der Waals surface area contributed by atoms with Crippen LogP contribution in [0.2, 0.25) is 0 Å². The van der Waals surface area contributed by atoms with Crippen LogP contribution in [0, 0.1) is 5.92 Å². The zero-order valence-corrected chi connectivity index (χ0v) is 13.9. The van der Waals surface area contributed by atoms with Crippen LogP contribution in [0.15, 0.2) is 27.3 Å². The number of fused-ring (bicyclic) bond motifs is 3. The fourth-order valence-electron chi connectivity index (χ4n) is 3.89. The molecule has 2 N–H and O–H groups in total. The summed E-state index contributed by atoms with van der Waals surface area (Å²) in [6.45, 7) is 1.72. The number of aliphatic hydroxyl groups is 1. The Hall–Kier alpha value is -2.87. The lowest BCUT2D eigenvalue weighted by Crippen LogP contribution is -2.48. The van der Waals surface area contributed by atoms with Crippen molar-refractivity contribution in [3.63, 3.8) is 0 Å². The molecule has 2 aliphatic rings. The number of piperidine rings is 1. The summed E-state index contributed by atoms with van der Waals surface area (Å²) in [5.41, 5.74) is 2.66. The Labute approximate surface area is 147 Å². The summed E-state index contributed by atoms with van der Waals surface area (Å²) in [6, 6.07) is 3.79. The number of hydrogen-bond acceptors (Lipinski definition) is 7. The minimum absolute atomic E-state index is 0.176. The van der Waals surface area contributed by atoms with E-state index in [2.05, 4.69) is 15.4 Å². The van der Waals surface area contributed by atoms with E-state index >= 15 is 0 Å². The minimum Gasteiger partial charge on any atom is -0.463 e. The number of furan rings is 1. The first-order valence-electron chi connectivity index (χ1n) is 8.64. The number of benzene rings is 1. The summed E-state index contributed by atoms with van der Waals surface area (Å²) >= 11 is 0. The molecule has 5 rings (SSSR count). The second kappa shape index (κ2) is 5.57. The van der Waals surface area contributed by atoms with E-state index < -0.39 is 5.92 Å². The molecule has 2 saturated heterocycles. The minimum atomic E-state index is -0.532. The number of nitrogens with zero attached hydrogens (tertiary/aromatic N) is 2. The Morgan fingerprint density at radius 3 is 2.96 bits per heavy atom. The molecule has 1 aromatic carbocycles. The lowest BCUT2D eigenvalue weighted by atomic mass is 9.92. The molecule has 1 atom stereocenters. The molecular formula is C18H17N3O5. The summed E-state index contributed by atoms with van der Waals surface area (Å²) in [4.78, 5) is 25.8. The first kappa shape index (κ1) is 15.4. The van der Waals surface area contributed by atoms with Crippen LogP contribution in [-0.4, -0.2) is 41.8 Å². The fourth-order valence-corrected chi connectivity index (χ4v) is 3.89. The van der Waals surface area contributed by atoms with Crippen molar-refractivity contribution in [2.45, 2.75) is 18.8 Å². The van der Waals surface area contributed by atoms with Gasteiger partial charge in [0.25, 0.3) is 0 Å². The van der Waals surface area contributed by atoms with Crippen molar-refractivity contribution in [3.8, 4) is 0 Å². The first-order chi connectivity index (χ1) is 12.7. The molecule has 0 saturated carbocycles. The predicted octanol–water partition coefficient (Wildman–Crippen LogP) is 1.52. The molecule has 2 aliphatic heterocycles. The van der Waals surface area contributed by atoms with E-state index in [9.17, 15) is 14.7 Å².